The molecule has 1 rings (SSSR count). The van der Waals surface area contributed by atoms with Gasteiger partial charge in [0.05, 0.1) is 0 Å². The number of amides is 1. The normalized spacial score (nSPS) is 11.2. The van der Waals surface area contributed by atoms with Gasteiger partial charge >= 0.3 is 6.09 Å². The van der Waals surface area contributed by atoms with E-state index in [2.05, 4.69) is 4.98 Å². The summed E-state index contributed by atoms with van der Waals surface area (Å²) in [5.41, 5.74) is 0. The minimum Gasteiger partial charge on any atom is -0.465 e. The van der Waals surface area contributed by atoms with Gasteiger partial charge in [-0.1, -0.05) is 0 Å². The first-order chi connectivity index (χ1) is 5.89. The van der Waals surface area contributed by atoms with Crippen LogP contribution in [0, 0.1) is 0 Å². The van der Waals surface area contributed by atoms with E-state index >= 15 is 0 Å². The van der Waals surface area contributed by atoms with Crippen LogP contribution in [0.2, 0.25) is 0 Å². The molecule has 0 radical (unpaired) electrons. The highest BCUT2D eigenvalue weighted by atomic mass is 32.2. The Bertz CT molecular complexity index is 422. The van der Waals surface area contributed by atoms with Gasteiger partial charge in [-0.2, -0.15) is 0 Å². The molecule has 0 fully saturated rings. The first kappa shape index (κ1) is 9.89. The molecule has 0 aliphatic carbocycles. The summed E-state index contributed by atoms with van der Waals surface area (Å²) in [6, 6.07) is 0. The maximum Gasteiger partial charge on any atom is 0.410 e. The van der Waals surface area contributed by atoms with Gasteiger partial charge in [-0.3, -0.25) is 5.32 Å². The van der Waals surface area contributed by atoms with Crippen LogP contribution < -0.4 is 10.5 Å². The van der Waals surface area contributed by atoms with Crippen LogP contribution in [0.15, 0.2) is 9.72 Å². The van der Waals surface area contributed by atoms with E-state index in [9.17, 15) is 13.2 Å². The van der Waals surface area contributed by atoms with Gasteiger partial charge in [-0.25, -0.2) is 23.3 Å². The van der Waals surface area contributed by atoms with E-state index in [0.717, 1.165) is 11.3 Å². The van der Waals surface area contributed by atoms with Crippen molar-refractivity contribution in [2.75, 3.05) is 5.32 Å². The van der Waals surface area contributed by atoms with E-state index in [-0.39, 0.29) is 10.2 Å². The predicted octanol–water partition coefficient (Wildman–Crippen LogP) is -0.120. The van der Waals surface area contributed by atoms with Gasteiger partial charge in [0.25, 0.3) is 10.0 Å². The van der Waals surface area contributed by atoms with Crippen LogP contribution in [0.4, 0.5) is 10.6 Å². The van der Waals surface area contributed by atoms with Gasteiger partial charge < -0.3 is 5.11 Å². The molecule has 72 valence electrons. The fourth-order valence-electron chi connectivity index (χ4n) is 0.555. The molecule has 0 aliphatic rings. The van der Waals surface area contributed by atoms with Crippen molar-refractivity contribution in [3.05, 3.63) is 5.38 Å². The van der Waals surface area contributed by atoms with Crippen molar-refractivity contribution in [3.8, 4) is 0 Å². The fraction of sp³-hybridized carbons (Fsp3) is 0. The first-order valence-corrected chi connectivity index (χ1v) is 5.30. The number of hydrogen-bond acceptors (Lipinski definition) is 5. The molecule has 4 N–H and O–H groups in total. The number of nitrogens with one attached hydrogen (secondary N) is 1. The van der Waals surface area contributed by atoms with E-state index in [0.29, 0.717) is 0 Å². The Morgan fingerprint density at radius 2 is 2.31 bits per heavy atom. The summed E-state index contributed by atoms with van der Waals surface area (Å²) >= 11 is 0.749. The van der Waals surface area contributed by atoms with Crippen molar-refractivity contribution in [1.82, 2.24) is 4.98 Å². The van der Waals surface area contributed by atoms with Crippen LogP contribution in [0.5, 0.6) is 0 Å². The maximum absolute atomic E-state index is 10.7. The SMILES string of the molecule is NS(=O)(=O)c1nc(NC(=O)O)cs1. The monoisotopic (exact) mass is 223 g/mol. The molecule has 0 spiro atoms. The molecule has 0 saturated heterocycles. The molecular weight excluding hydrogens is 218 g/mol. The summed E-state index contributed by atoms with van der Waals surface area (Å²) in [6.07, 6.45) is -1.31. The van der Waals surface area contributed by atoms with Crippen molar-refractivity contribution < 1.29 is 18.3 Å². The van der Waals surface area contributed by atoms with Crippen molar-refractivity contribution in [1.29, 1.82) is 0 Å². The fourth-order valence-corrected chi connectivity index (χ4v) is 1.94. The third kappa shape index (κ3) is 2.65. The van der Waals surface area contributed by atoms with Crippen LogP contribution in [-0.4, -0.2) is 24.6 Å². The molecule has 0 bridgehead atoms. The molecule has 0 atom stereocenters. The quantitative estimate of drug-likeness (QED) is 0.645. The Hall–Kier alpha value is -1.19. The van der Waals surface area contributed by atoms with Crippen molar-refractivity contribution in [2.45, 2.75) is 4.34 Å². The molecule has 1 amide bonds. The zero-order valence-electron chi connectivity index (χ0n) is 6.09. The topological polar surface area (TPSA) is 122 Å². The minimum atomic E-state index is -3.84. The molecule has 0 unspecified atom stereocenters. The zero-order valence-corrected chi connectivity index (χ0v) is 7.72. The molecule has 7 nitrogen and oxygen atoms in total. The number of primary sulfonamides is 1. The number of nitrogens with zero attached hydrogens (tertiary/aromatic N) is 1. The Morgan fingerprint density at radius 1 is 1.69 bits per heavy atom. The highest BCUT2D eigenvalue weighted by molar-refractivity contribution is 7.91. The van der Waals surface area contributed by atoms with Crippen LogP contribution in [-0.2, 0) is 10.0 Å². The van der Waals surface area contributed by atoms with E-state index in [4.69, 9.17) is 10.2 Å². The first-order valence-electron chi connectivity index (χ1n) is 2.88. The van der Waals surface area contributed by atoms with E-state index in [1.54, 1.807) is 0 Å². The van der Waals surface area contributed by atoms with Gasteiger partial charge in [0.15, 0.2) is 0 Å². The lowest BCUT2D eigenvalue weighted by Gasteiger charge is -1.91. The van der Waals surface area contributed by atoms with E-state index in [1.807, 2.05) is 5.32 Å². The number of anilines is 1. The number of sulfonamides is 1. The van der Waals surface area contributed by atoms with Gasteiger partial charge in [0.2, 0.25) is 4.34 Å². The minimum absolute atomic E-state index is 0.0541. The third-order valence-electron chi connectivity index (χ3n) is 0.962. The van der Waals surface area contributed by atoms with Crippen LogP contribution in [0.25, 0.3) is 0 Å². The third-order valence-corrected chi connectivity index (χ3v) is 3.16. The number of thiazole rings is 1. The summed E-state index contributed by atoms with van der Waals surface area (Å²) in [5.74, 6) is -0.0541. The highest BCUT2D eigenvalue weighted by Gasteiger charge is 2.13. The average Bonchev–Trinajstić information content (AvgIpc) is 2.32. The van der Waals surface area contributed by atoms with Crippen LogP contribution >= 0.6 is 11.3 Å². The summed E-state index contributed by atoms with van der Waals surface area (Å²) < 4.78 is 21.0. The summed E-state index contributed by atoms with van der Waals surface area (Å²) in [4.78, 5) is 13.5. The van der Waals surface area contributed by atoms with Gasteiger partial charge in [0, 0.05) is 5.38 Å². The molecule has 1 aromatic rings. The number of carbonyl (C=O) groups is 1. The molecule has 0 aliphatic heterocycles. The van der Waals surface area contributed by atoms with Gasteiger partial charge in [-0.05, 0) is 0 Å². The summed E-state index contributed by atoms with van der Waals surface area (Å²) in [6.45, 7) is 0. The van der Waals surface area contributed by atoms with Crippen molar-refractivity contribution in [2.24, 2.45) is 5.14 Å². The number of nitrogens with two attached hydrogens (primary N) is 1. The Balaban J connectivity index is 2.94. The number of rotatable bonds is 2. The van der Waals surface area contributed by atoms with Gasteiger partial charge in [0.1, 0.15) is 5.82 Å². The molecule has 0 aromatic carbocycles. The maximum atomic E-state index is 10.7. The van der Waals surface area contributed by atoms with Crippen LogP contribution in [0.3, 0.4) is 0 Å². The second-order valence-electron chi connectivity index (χ2n) is 1.97. The average molecular weight is 223 g/mol. The lowest BCUT2D eigenvalue weighted by atomic mass is 10.8. The smallest absolute Gasteiger partial charge is 0.410 e. The summed E-state index contributed by atoms with van der Waals surface area (Å²) in [7, 11) is -3.84. The Kier molecular flexibility index (Phi) is 2.50. The summed E-state index contributed by atoms with van der Waals surface area (Å²) in [5, 5.41) is 16.1. The van der Waals surface area contributed by atoms with Gasteiger partial charge in [-0.15, -0.1) is 11.3 Å². The number of hydrogen-bond donors (Lipinski definition) is 3. The molecule has 1 heterocycles. The predicted molar refractivity (Wildman–Crippen MR) is 45.1 cm³/mol. The lowest BCUT2D eigenvalue weighted by molar-refractivity contribution is 0.209. The van der Waals surface area contributed by atoms with E-state index < -0.39 is 16.1 Å². The Labute approximate surface area is 77.3 Å². The molecule has 9 heteroatoms. The van der Waals surface area contributed by atoms with E-state index in [1.165, 1.54) is 5.38 Å². The second-order valence-corrected chi connectivity index (χ2v) is 4.57. The number of carboxylic acid groups (broad SMARTS) is 1. The zero-order chi connectivity index (χ0) is 10.1. The van der Waals surface area contributed by atoms with Crippen molar-refractivity contribution >= 4 is 33.3 Å². The lowest BCUT2D eigenvalue weighted by Crippen LogP contribution is -2.12. The molecule has 13 heavy (non-hydrogen) atoms. The molecular formula is C4H5N3O4S2. The largest absolute Gasteiger partial charge is 0.465 e. The molecule has 1 aromatic heterocycles. The highest BCUT2D eigenvalue weighted by Crippen LogP contribution is 2.17. The standard InChI is InChI=1S/C4H5N3O4S2/c5-13(10,11)4-7-2(1-12-4)6-3(8)9/h1,6H,(H,8,9)(H2,5,10,11). The van der Waals surface area contributed by atoms with Crippen LogP contribution in [0.1, 0.15) is 0 Å². The Morgan fingerprint density at radius 3 is 2.69 bits per heavy atom. The second kappa shape index (κ2) is 3.28. The number of aromatic nitrogens is 1. The van der Waals surface area contributed by atoms with Crippen molar-refractivity contribution in [3.63, 3.8) is 0 Å². The molecule has 0 saturated carbocycles.